The number of ketones is 4. The van der Waals surface area contributed by atoms with Gasteiger partial charge in [0.2, 0.25) is 17.0 Å². The molecule has 2 unspecified atom stereocenters. The van der Waals surface area contributed by atoms with Crippen LogP contribution >= 0.6 is 0 Å². The van der Waals surface area contributed by atoms with E-state index in [9.17, 15) is 34.5 Å². The van der Waals surface area contributed by atoms with Crippen LogP contribution in [0, 0.1) is 0 Å². The van der Waals surface area contributed by atoms with Crippen LogP contribution in [0.4, 0.5) is 0 Å². The molecule has 0 spiro atoms. The molecular weight excluding hydrogens is 628 g/mol. The van der Waals surface area contributed by atoms with Gasteiger partial charge in [-0.05, 0) is 12.8 Å². The van der Waals surface area contributed by atoms with Crippen LogP contribution in [0.5, 0.6) is 0 Å². The van der Waals surface area contributed by atoms with Crippen LogP contribution < -0.4 is 0 Å². The van der Waals surface area contributed by atoms with Gasteiger partial charge in [0.25, 0.3) is 0 Å². The third-order valence-corrected chi connectivity index (χ3v) is 11.1. The van der Waals surface area contributed by atoms with Gasteiger partial charge in [-0.25, -0.2) is 0 Å². The zero-order chi connectivity index (χ0) is 36.9. The van der Waals surface area contributed by atoms with Crippen molar-refractivity contribution in [2.45, 2.75) is 249 Å². The highest BCUT2D eigenvalue weighted by Gasteiger charge is 2.69. The van der Waals surface area contributed by atoms with Crippen molar-refractivity contribution in [1.29, 1.82) is 0 Å². The molecule has 0 radical (unpaired) electrons. The van der Waals surface area contributed by atoms with Crippen molar-refractivity contribution in [3.63, 3.8) is 0 Å². The molecule has 292 valence electrons. The molecule has 0 aliphatic heterocycles. The first kappa shape index (κ1) is 46.6. The van der Waals surface area contributed by atoms with Gasteiger partial charge >= 0.3 is 0 Å². The lowest BCUT2D eigenvalue weighted by atomic mass is 9.71. The summed E-state index contributed by atoms with van der Waals surface area (Å²) in [5.41, 5.74) is -6.37. The van der Waals surface area contributed by atoms with Crippen molar-refractivity contribution in [2.75, 3.05) is 0 Å². The Balaban J connectivity index is 2.37. The number of rotatable bonds is 36. The lowest BCUT2D eigenvalue weighted by Crippen LogP contribution is -2.71. The Bertz CT molecular complexity index is 899. The summed E-state index contributed by atoms with van der Waals surface area (Å²) in [4.78, 5) is 52.2. The molecule has 0 aromatic heterocycles. The first-order chi connectivity index (χ1) is 24.2. The van der Waals surface area contributed by atoms with E-state index in [-0.39, 0.29) is 25.7 Å². The first-order valence-electron chi connectivity index (χ1n) is 21.4. The van der Waals surface area contributed by atoms with E-state index in [0.717, 1.165) is 44.9 Å². The maximum Gasteiger partial charge on any atom is 0.227 e. The second kappa shape index (κ2) is 29.1. The predicted molar refractivity (Wildman–Crippen MR) is 204 cm³/mol. The molecule has 3 N–H and O–H groups in total. The summed E-state index contributed by atoms with van der Waals surface area (Å²) >= 11 is 0. The summed E-state index contributed by atoms with van der Waals surface area (Å²) < 4.78 is 0. The van der Waals surface area contributed by atoms with E-state index in [2.05, 4.69) is 13.8 Å². The van der Waals surface area contributed by atoms with Gasteiger partial charge in [-0.1, -0.05) is 200 Å². The number of Topliss-reactive ketones (excluding diaryl/α,β-unsaturated/α-hetero) is 4. The topological polar surface area (TPSA) is 129 Å². The molecule has 0 heterocycles. The second-order valence-electron chi connectivity index (χ2n) is 15.5. The van der Waals surface area contributed by atoms with Crippen LogP contribution in [0.1, 0.15) is 232 Å². The van der Waals surface area contributed by atoms with E-state index >= 15 is 0 Å². The van der Waals surface area contributed by atoms with E-state index in [0.29, 0.717) is 19.3 Å². The fraction of sp³-hybridized carbons (Fsp3) is 0.907. The monoisotopic (exact) mass is 707 g/mol. The molecule has 1 aliphatic carbocycles. The summed E-state index contributed by atoms with van der Waals surface area (Å²) in [6.45, 7) is 4.49. The normalized spacial score (nSPS) is 16.2. The maximum absolute atomic E-state index is 13.4. The Morgan fingerprint density at radius 2 is 0.820 bits per heavy atom. The van der Waals surface area contributed by atoms with E-state index < -0.39 is 40.4 Å². The number of hydrogen-bond donors (Lipinski definition) is 3. The highest BCUT2D eigenvalue weighted by molar-refractivity contribution is 6.28. The molecule has 7 heteroatoms. The molecule has 0 amide bonds. The zero-order valence-corrected chi connectivity index (χ0v) is 32.6. The molecule has 0 aromatic rings. The van der Waals surface area contributed by atoms with Crippen LogP contribution in [-0.4, -0.2) is 55.8 Å². The Kier molecular flexibility index (Phi) is 27.1. The van der Waals surface area contributed by atoms with Gasteiger partial charge in [-0.15, -0.1) is 0 Å². The minimum atomic E-state index is -3.25. The highest BCUT2D eigenvalue weighted by Crippen LogP contribution is 2.37. The van der Waals surface area contributed by atoms with Crippen molar-refractivity contribution in [3.05, 3.63) is 0 Å². The Hall–Kier alpha value is -1.44. The number of aliphatic hydroxyl groups excluding tert-OH is 1. The summed E-state index contributed by atoms with van der Waals surface area (Å²) in [6, 6.07) is 0. The Labute approximate surface area is 306 Å². The van der Waals surface area contributed by atoms with Crippen molar-refractivity contribution >= 4 is 23.1 Å². The van der Waals surface area contributed by atoms with Crippen LogP contribution in [0.15, 0.2) is 0 Å². The molecule has 1 rings (SSSR count). The summed E-state index contributed by atoms with van der Waals surface area (Å²) in [7, 11) is 0. The van der Waals surface area contributed by atoms with Gasteiger partial charge < -0.3 is 15.3 Å². The molecule has 0 saturated heterocycles. The molecule has 2 atom stereocenters. The number of carbonyl (C=O) groups excluding carboxylic acids is 4. The quantitative estimate of drug-likeness (QED) is 0.0437. The van der Waals surface area contributed by atoms with E-state index in [1.165, 1.54) is 128 Å². The molecule has 1 fully saturated rings. The summed E-state index contributed by atoms with van der Waals surface area (Å²) in [5, 5.41) is 33.4. The molecule has 50 heavy (non-hydrogen) atoms. The van der Waals surface area contributed by atoms with Gasteiger partial charge in [-0.2, -0.15) is 0 Å². The molecular formula is C43H78O7. The highest BCUT2D eigenvalue weighted by atomic mass is 16.4. The van der Waals surface area contributed by atoms with Gasteiger partial charge in [-0.3, -0.25) is 19.2 Å². The lowest BCUT2D eigenvalue weighted by Gasteiger charge is -2.37. The number of carbonyl (C=O) groups is 4. The zero-order valence-electron chi connectivity index (χ0n) is 32.6. The fourth-order valence-electron chi connectivity index (χ4n) is 7.58. The molecule has 0 aromatic carbocycles. The van der Waals surface area contributed by atoms with Gasteiger partial charge in [0.15, 0.2) is 17.3 Å². The molecule has 0 bridgehead atoms. The minimum absolute atomic E-state index is 0.00407. The van der Waals surface area contributed by atoms with Crippen LogP contribution in [0.2, 0.25) is 0 Å². The van der Waals surface area contributed by atoms with Gasteiger partial charge in [0, 0.05) is 19.3 Å². The maximum atomic E-state index is 13.4. The van der Waals surface area contributed by atoms with E-state index in [4.69, 9.17) is 0 Å². The van der Waals surface area contributed by atoms with Gasteiger partial charge in [0.05, 0.1) is 0 Å². The number of aliphatic hydroxyl groups is 3. The fourth-order valence-corrected chi connectivity index (χ4v) is 7.58. The smallest absolute Gasteiger partial charge is 0.227 e. The van der Waals surface area contributed by atoms with E-state index in [1.807, 2.05) is 0 Å². The molecule has 1 saturated carbocycles. The van der Waals surface area contributed by atoms with Crippen molar-refractivity contribution in [2.24, 2.45) is 0 Å². The van der Waals surface area contributed by atoms with Crippen LogP contribution in [0.3, 0.4) is 0 Å². The Morgan fingerprint density at radius 1 is 0.540 bits per heavy atom. The minimum Gasteiger partial charge on any atom is -0.385 e. The summed E-state index contributed by atoms with van der Waals surface area (Å²) in [5.74, 6) is -4.41. The number of hydrogen-bond acceptors (Lipinski definition) is 7. The predicted octanol–water partition coefficient (Wildman–Crippen LogP) is 10.4. The standard InChI is InChI=1S/C43H78O7/c1-3-5-7-9-11-13-15-17-19-21-23-25-27-29-31-33-37(44)41(48)43(50,42(49)39(46)35-36-40(42)47)38(45)34-32-30-28-26-24-22-20-18-16-14-12-10-8-6-4-2/h37,44,49-50H,3-36H2,1-2H3. The third kappa shape index (κ3) is 17.4. The SMILES string of the molecule is CCCCCCCCCCCCCCCCCC(=O)C(O)(C(=O)C(O)CCCCCCCCCCCCCCCCC)C1(O)C(=O)CCC1=O. The van der Waals surface area contributed by atoms with E-state index in [1.54, 1.807) is 0 Å². The van der Waals surface area contributed by atoms with Crippen molar-refractivity contribution in [3.8, 4) is 0 Å². The number of unbranched alkanes of at least 4 members (excludes halogenated alkanes) is 28. The average Bonchev–Trinajstić information content (AvgIpc) is 3.38. The summed E-state index contributed by atoms with van der Waals surface area (Å²) in [6.07, 6.45) is 32.1. The Morgan fingerprint density at radius 3 is 1.14 bits per heavy atom. The average molecular weight is 707 g/mol. The first-order valence-corrected chi connectivity index (χ1v) is 21.4. The third-order valence-electron chi connectivity index (χ3n) is 11.1. The molecule has 7 nitrogen and oxygen atoms in total. The van der Waals surface area contributed by atoms with Crippen LogP contribution in [-0.2, 0) is 19.2 Å². The van der Waals surface area contributed by atoms with Crippen molar-refractivity contribution < 1.29 is 34.5 Å². The second-order valence-corrected chi connectivity index (χ2v) is 15.5. The lowest BCUT2D eigenvalue weighted by molar-refractivity contribution is -0.190. The van der Waals surface area contributed by atoms with Crippen molar-refractivity contribution in [1.82, 2.24) is 0 Å². The van der Waals surface area contributed by atoms with Gasteiger partial charge in [0.1, 0.15) is 6.10 Å². The molecule has 1 aliphatic rings. The largest absolute Gasteiger partial charge is 0.385 e. The van der Waals surface area contributed by atoms with Crippen LogP contribution in [0.25, 0.3) is 0 Å².